The highest BCUT2D eigenvalue weighted by atomic mass is 32.1. The van der Waals surface area contributed by atoms with Crippen LogP contribution < -0.4 is 5.32 Å². The van der Waals surface area contributed by atoms with Gasteiger partial charge in [-0.2, -0.15) is 5.26 Å². The van der Waals surface area contributed by atoms with E-state index in [0.717, 1.165) is 22.6 Å². The maximum Gasteiger partial charge on any atom is 0.228 e. The molecule has 2 aliphatic rings. The van der Waals surface area contributed by atoms with E-state index in [1.807, 2.05) is 18.2 Å². The number of nitrogens with one attached hydrogen (secondary N) is 1. The zero-order valence-corrected chi connectivity index (χ0v) is 13.8. The number of hydrogen-bond donors (Lipinski definition) is 2. The topological polar surface area (TPSA) is 86.0 Å². The van der Waals surface area contributed by atoms with Crippen LogP contribution in [0.5, 0.6) is 0 Å². The molecule has 122 valence electrons. The van der Waals surface area contributed by atoms with Crippen LogP contribution in [0.15, 0.2) is 24.4 Å². The second kappa shape index (κ2) is 6.00. The van der Waals surface area contributed by atoms with Gasteiger partial charge in [-0.15, -0.1) is 11.3 Å². The number of nitrogens with zero attached hydrogens (tertiary/aromatic N) is 2. The number of aliphatic hydroxyl groups is 1. The number of hydrogen-bond acceptors (Lipinski definition) is 5. The highest BCUT2D eigenvalue weighted by Gasteiger charge is 2.45. The molecule has 4 rings (SSSR count). The van der Waals surface area contributed by atoms with Crippen LogP contribution in [0.25, 0.3) is 0 Å². The smallest absolute Gasteiger partial charge is 0.228 e. The molecule has 0 aliphatic heterocycles. The van der Waals surface area contributed by atoms with E-state index in [0.29, 0.717) is 29.8 Å². The van der Waals surface area contributed by atoms with Crippen molar-refractivity contribution in [1.29, 1.82) is 5.26 Å². The summed E-state index contributed by atoms with van der Waals surface area (Å²) in [5.41, 5.74) is 2.53. The lowest BCUT2D eigenvalue weighted by Gasteiger charge is -2.16. The molecule has 1 saturated carbocycles. The Bertz CT molecular complexity index is 825. The lowest BCUT2D eigenvalue weighted by Crippen LogP contribution is -2.17. The Morgan fingerprint density at radius 1 is 1.46 bits per heavy atom. The van der Waals surface area contributed by atoms with Gasteiger partial charge in [0.2, 0.25) is 5.91 Å². The summed E-state index contributed by atoms with van der Waals surface area (Å²) in [4.78, 5) is 17.9. The number of thiophene rings is 1. The summed E-state index contributed by atoms with van der Waals surface area (Å²) < 4.78 is 0. The molecule has 0 radical (unpaired) electrons. The van der Waals surface area contributed by atoms with Crippen molar-refractivity contribution >= 4 is 22.2 Å². The van der Waals surface area contributed by atoms with Crippen LogP contribution >= 0.6 is 11.3 Å². The Morgan fingerprint density at radius 3 is 3.08 bits per heavy atom. The molecule has 1 fully saturated rings. The number of aliphatic hydroxyl groups excluding tert-OH is 1. The van der Waals surface area contributed by atoms with Crippen molar-refractivity contribution in [2.45, 2.75) is 37.7 Å². The molecule has 2 aromatic rings. The third-order valence-electron chi connectivity index (χ3n) is 4.78. The number of rotatable bonds is 3. The van der Waals surface area contributed by atoms with Crippen LogP contribution in [0.3, 0.4) is 0 Å². The normalized spacial score (nSPS) is 24.8. The van der Waals surface area contributed by atoms with Crippen molar-refractivity contribution < 1.29 is 9.90 Å². The van der Waals surface area contributed by atoms with Gasteiger partial charge in [0.15, 0.2) is 0 Å². The molecule has 0 saturated heterocycles. The predicted octanol–water partition coefficient (Wildman–Crippen LogP) is 2.61. The molecule has 1 amide bonds. The molecule has 2 heterocycles. The lowest BCUT2D eigenvalue weighted by atomic mass is 9.94. The standard InChI is InChI=1S/C18H17N3O2S/c19-9-14-11-5-4-10(22)7-16(11)24-18(14)21-17(23)13-8-12(13)15-3-1-2-6-20-15/h1-3,6,10,12-13,22H,4-5,7-8H2,(H,21,23). The highest BCUT2D eigenvalue weighted by Crippen LogP contribution is 2.48. The predicted molar refractivity (Wildman–Crippen MR) is 90.8 cm³/mol. The number of nitriles is 1. The van der Waals surface area contributed by atoms with E-state index in [1.54, 1.807) is 6.20 Å². The maximum atomic E-state index is 12.5. The van der Waals surface area contributed by atoms with Gasteiger partial charge in [0.25, 0.3) is 0 Å². The Hall–Kier alpha value is -2.23. The van der Waals surface area contributed by atoms with E-state index in [2.05, 4.69) is 16.4 Å². The Balaban J connectivity index is 1.50. The van der Waals surface area contributed by atoms with Gasteiger partial charge in [-0.25, -0.2) is 0 Å². The van der Waals surface area contributed by atoms with Crippen LogP contribution in [0.2, 0.25) is 0 Å². The van der Waals surface area contributed by atoms with Gasteiger partial charge in [-0.3, -0.25) is 9.78 Å². The molecule has 24 heavy (non-hydrogen) atoms. The molecule has 0 aromatic carbocycles. The average molecular weight is 339 g/mol. The second-order valence-corrected chi connectivity index (χ2v) is 7.51. The van der Waals surface area contributed by atoms with Crippen LogP contribution in [0.4, 0.5) is 5.00 Å². The summed E-state index contributed by atoms with van der Waals surface area (Å²) in [6.45, 7) is 0. The lowest BCUT2D eigenvalue weighted by molar-refractivity contribution is -0.117. The number of anilines is 1. The summed E-state index contributed by atoms with van der Waals surface area (Å²) in [5, 5.41) is 22.8. The van der Waals surface area contributed by atoms with Crippen LogP contribution in [0.1, 0.15) is 40.5 Å². The molecule has 3 unspecified atom stereocenters. The minimum Gasteiger partial charge on any atom is -0.393 e. The molecule has 3 atom stereocenters. The number of amides is 1. The van der Waals surface area contributed by atoms with Crippen LogP contribution in [0, 0.1) is 17.2 Å². The quantitative estimate of drug-likeness (QED) is 0.900. The molecule has 2 aliphatic carbocycles. The summed E-state index contributed by atoms with van der Waals surface area (Å²) in [6.07, 6.45) is 4.15. The molecular formula is C18H17N3O2S. The van der Waals surface area contributed by atoms with Crippen molar-refractivity contribution in [3.05, 3.63) is 46.1 Å². The first kappa shape index (κ1) is 15.3. The molecule has 2 N–H and O–H groups in total. The maximum absolute atomic E-state index is 12.5. The zero-order chi connectivity index (χ0) is 16.7. The number of fused-ring (bicyclic) bond motifs is 1. The third kappa shape index (κ3) is 2.70. The number of pyridine rings is 1. The van der Waals surface area contributed by atoms with Crippen molar-refractivity contribution in [1.82, 2.24) is 4.98 Å². The molecule has 2 aromatic heterocycles. The summed E-state index contributed by atoms with van der Waals surface area (Å²) in [7, 11) is 0. The number of carbonyl (C=O) groups excluding carboxylic acids is 1. The van der Waals surface area contributed by atoms with Crippen LogP contribution in [-0.4, -0.2) is 22.1 Å². The van der Waals surface area contributed by atoms with Crippen molar-refractivity contribution in [3.8, 4) is 6.07 Å². The van der Waals surface area contributed by atoms with Gasteiger partial charge < -0.3 is 10.4 Å². The fourth-order valence-corrected chi connectivity index (χ4v) is 4.66. The van der Waals surface area contributed by atoms with Crippen LogP contribution in [-0.2, 0) is 17.6 Å². The molecule has 0 bridgehead atoms. The Labute approximate surface area is 144 Å². The van der Waals surface area contributed by atoms with Gasteiger partial charge in [0.1, 0.15) is 11.1 Å². The second-order valence-electron chi connectivity index (χ2n) is 6.41. The first-order valence-corrected chi connectivity index (χ1v) is 8.93. The van der Waals surface area contributed by atoms with E-state index in [9.17, 15) is 15.2 Å². The summed E-state index contributed by atoms with van der Waals surface area (Å²) in [5.74, 6) is 0.0607. The highest BCUT2D eigenvalue weighted by molar-refractivity contribution is 7.16. The first-order valence-electron chi connectivity index (χ1n) is 8.12. The van der Waals surface area contributed by atoms with E-state index >= 15 is 0 Å². The van der Waals surface area contributed by atoms with Gasteiger partial charge in [-0.05, 0) is 37.0 Å². The minimum absolute atomic E-state index is 0.0405. The SMILES string of the molecule is N#Cc1c(NC(=O)C2CC2c2ccccn2)sc2c1CCC(O)C2. The van der Waals surface area contributed by atoms with Gasteiger partial charge >= 0.3 is 0 Å². The minimum atomic E-state index is -0.344. The Morgan fingerprint density at radius 2 is 2.33 bits per heavy atom. The molecule has 6 heteroatoms. The molecule has 5 nitrogen and oxygen atoms in total. The van der Waals surface area contributed by atoms with Crippen molar-refractivity contribution in [2.24, 2.45) is 5.92 Å². The fourth-order valence-electron chi connectivity index (χ4n) is 3.39. The molecular weight excluding hydrogens is 322 g/mol. The monoisotopic (exact) mass is 339 g/mol. The first-order chi connectivity index (χ1) is 11.7. The van der Waals surface area contributed by atoms with E-state index in [-0.39, 0.29) is 23.8 Å². The Kier molecular flexibility index (Phi) is 3.83. The largest absolute Gasteiger partial charge is 0.393 e. The fraction of sp³-hybridized carbons (Fsp3) is 0.389. The summed E-state index contributed by atoms with van der Waals surface area (Å²) >= 11 is 1.43. The average Bonchev–Trinajstić information content (AvgIpc) is 3.32. The summed E-state index contributed by atoms with van der Waals surface area (Å²) in [6, 6.07) is 7.97. The third-order valence-corrected chi connectivity index (χ3v) is 5.95. The van der Waals surface area contributed by atoms with Crippen molar-refractivity contribution in [2.75, 3.05) is 5.32 Å². The van der Waals surface area contributed by atoms with Crippen molar-refractivity contribution in [3.63, 3.8) is 0 Å². The molecule has 0 spiro atoms. The van der Waals surface area contributed by atoms with Gasteiger partial charge in [0, 0.05) is 35.0 Å². The van der Waals surface area contributed by atoms with E-state index in [4.69, 9.17) is 0 Å². The number of aromatic nitrogens is 1. The van der Waals surface area contributed by atoms with Gasteiger partial charge in [-0.1, -0.05) is 6.07 Å². The van der Waals surface area contributed by atoms with Gasteiger partial charge in [0.05, 0.1) is 11.7 Å². The zero-order valence-electron chi connectivity index (χ0n) is 13.0. The van der Waals surface area contributed by atoms with E-state index < -0.39 is 0 Å². The van der Waals surface area contributed by atoms with E-state index in [1.165, 1.54) is 11.3 Å². The number of carbonyl (C=O) groups is 1.